The number of likely N-dealkylation sites (tertiary alicyclic amines) is 1. The monoisotopic (exact) mass is 478 g/mol. The van der Waals surface area contributed by atoms with Gasteiger partial charge in [0.1, 0.15) is 5.75 Å². The molecule has 2 heterocycles. The molecule has 0 aromatic heterocycles. The van der Waals surface area contributed by atoms with Gasteiger partial charge in [0.2, 0.25) is 5.91 Å². The minimum atomic E-state index is -0.426. The van der Waals surface area contributed by atoms with Gasteiger partial charge in [0.15, 0.2) is 0 Å². The topological polar surface area (TPSA) is 59.1 Å². The number of carbonyl (C=O) groups excluding carboxylic acids is 2. The highest BCUT2D eigenvalue weighted by Crippen LogP contribution is 2.36. The third-order valence-electron chi connectivity index (χ3n) is 7.12. The van der Waals surface area contributed by atoms with Crippen LogP contribution >= 0.6 is 0 Å². The molecular formula is C29H38N2O4. The Hall–Kier alpha value is -2.86. The average Bonchev–Trinajstić information content (AvgIpc) is 2.88. The molecule has 4 rings (SSSR count). The van der Waals surface area contributed by atoms with Crippen LogP contribution in [0.25, 0.3) is 0 Å². The van der Waals surface area contributed by atoms with Crippen LogP contribution in [0.3, 0.4) is 0 Å². The number of hydrogen-bond acceptors (Lipinski definition) is 4. The Morgan fingerprint density at radius 2 is 1.63 bits per heavy atom. The van der Waals surface area contributed by atoms with Crippen molar-refractivity contribution in [2.24, 2.45) is 5.41 Å². The van der Waals surface area contributed by atoms with Gasteiger partial charge in [0.25, 0.3) is 5.91 Å². The van der Waals surface area contributed by atoms with Crippen LogP contribution in [0, 0.1) is 5.41 Å². The first kappa shape index (κ1) is 25.2. The van der Waals surface area contributed by atoms with Crippen LogP contribution in [-0.2, 0) is 14.9 Å². The van der Waals surface area contributed by atoms with E-state index in [9.17, 15) is 9.59 Å². The lowest BCUT2D eigenvalue weighted by Gasteiger charge is -2.43. The molecule has 0 N–H and O–H groups in total. The van der Waals surface area contributed by atoms with E-state index >= 15 is 0 Å². The van der Waals surface area contributed by atoms with Crippen LogP contribution in [0.2, 0.25) is 0 Å². The number of benzene rings is 2. The Labute approximate surface area is 209 Å². The highest BCUT2D eigenvalue weighted by molar-refractivity contribution is 5.94. The molecule has 0 radical (unpaired) electrons. The Morgan fingerprint density at radius 3 is 2.29 bits per heavy atom. The standard InChI is InChI=1S/C29H38N2O4/c1-28(2,3)24-12-10-23(11-13-24)27(33)31-15-7-14-29(21-31,22-35-25-8-5-4-6-9-25)20-26(32)30-16-18-34-19-17-30/h4-6,8-13H,7,14-22H2,1-3H3/t29-/m0/s1. The van der Waals surface area contributed by atoms with Crippen LogP contribution in [-0.4, -0.2) is 67.6 Å². The second-order valence-corrected chi connectivity index (χ2v) is 10.9. The molecule has 2 saturated heterocycles. The average molecular weight is 479 g/mol. The van der Waals surface area contributed by atoms with E-state index in [0.29, 0.717) is 58.0 Å². The molecule has 1 atom stereocenters. The number of nitrogens with zero attached hydrogens (tertiary/aromatic N) is 2. The Balaban J connectivity index is 1.51. The van der Waals surface area contributed by atoms with Crippen LogP contribution < -0.4 is 4.74 Å². The number of morpholine rings is 1. The number of amides is 2. The van der Waals surface area contributed by atoms with Crippen LogP contribution in [0.1, 0.15) is 56.0 Å². The predicted molar refractivity (Wildman–Crippen MR) is 137 cm³/mol. The van der Waals surface area contributed by atoms with Crippen molar-refractivity contribution in [3.05, 3.63) is 65.7 Å². The van der Waals surface area contributed by atoms with Crippen molar-refractivity contribution in [1.82, 2.24) is 9.80 Å². The molecule has 2 amide bonds. The first-order valence-electron chi connectivity index (χ1n) is 12.7. The molecule has 0 bridgehead atoms. The lowest BCUT2D eigenvalue weighted by Crippen LogP contribution is -2.52. The van der Waals surface area contributed by atoms with Crippen molar-refractivity contribution in [3.8, 4) is 5.75 Å². The van der Waals surface area contributed by atoms with E-state index in [0.717, 1.165) is 18.6 Å². The summed E-state index contributed by atoms with van der Waals surface area (Å²) in [4.78, 5) is 30.6. The van der Waals surface area contributed by atoms with Crippen LogP contribution in [0.15, 0.2) is 54.6 Å². The predicted octanol–water partition coefficient (Wildman–Crippen LogP) is 4.53. The minimum absolute atomic E-state index is 0.0214. The van der Waals surface area contributed by atoms with E-state index in [1.807, 2.05) is 64.4 Å². The Kier molecular flexibility index (Phi) is 7.80. The third kappa shape index (κ3) is 6.43. The van der Waals surface area contributed by atoms with Crippen molar-refractivity contribution < 1.29 is 19.1 Å². The fraction of sp³-hybridized carbons (Fsp3) is 0.517. The molecule has 0 unspecified atom stereocenters. The van der Waals surface area contributed by atoms with Gasteiger partial charge in [-0.05, 0) is 48.1 Å². The van der Waals surface area contributed by atoms with Gasteiger partial charge in [-0.1, -0.05) is 51.1 Å². The summed E-state index contributed by atoms with van der Waals surface area (Å²) in [6.07, 6.45) is 2.07. The molecule has 35 heavy (non-hydrogen) atoms. The maximum absolute atomic E-state index is 13.5. The second kappa shape index (κ2) is 10.8. The summed E-state index contributed by atoms with van der Waals surface area (Å²) in [6.45, 7) is 10.5. The fourth-order valence-corrected chi connectivity index (χ4v) is 4.99. The zero-order valence-corrected chi connectivity index (χ0v) is 21.3. The summed E-state index contributed by atoms with van der Waals surface area (Å²) in [5.41, 5.74) is 1.51. The second-order valence-electron chi connectivity index (χ2n) is 10.9. The van der Waals surface area contributed by atoms with Gasteiger partial charge >= 0.3 is 0 Å². The third-order valence-corrected chi connectivity index (χ3v) is 7.12. The number of hydrogen-bond donors (Lipinski definition) is 0. The van der Waals surface area contributed by atoms with E-state index in [1.165, 1.54) is 5.56 Å². The van der Waals surface area contributed by atoms with Crippen molar-refractivity contribution in [2.75, 3.05) is 46.0 Å². The summed E-state index contributed by atoms with van der Waals surface area (Å²) in [5.74, 6) is 0.925. The summed E-state index contributed by atoms with van der Waals surface area (Å²) in [5, 5.41) is 0. The number of rotatable bonds is 6. The highest BCUT2D eigenvalue weighted by Gasteiger charge is 2.41. The fourth-order valence-electron chi connectivity index (χ4n) is 4.99. The van der Waals surface area contributed by atoms with E-state index in [1.54, 1.807) is 0 Å². The zero-order chi connectivity index (χ0) is 24.9. The molecule has 188 valence electrons. The number of carbonyl (C=O) groups is 2. The molecule has 2 aliphatic rings. The van der Waals surface area contributed by atoms with Crippen molar-refractivity contribution in [1.29, 1.82) is 0 Å². The maximum atomic E-state index is 13.5. The molecule has 2 aliphatic heterocycles. The molecule has 0 saturated carbocycles. The van der Waals surface area contributed by atoms with E-state index in [2.05, 4.69) is 20.8 Å². The van der Waals surface area contributed by atoms with Crippen LogP contribution in [0.4, 0.5) is 0 Å². The van der Waals surface area contributed by atoms with Crippen molar-refractivity contribution in [3.63, 3.8) is 0 Å². The van der Waals surface area contributed by atoms with E-state index in [4.69, 9.17) is 9.47 Å². The Bertz CT molecular complexity index is 994. The molecule has 2 fully saturated rings. The van der Waals surface area contributed by atoms with Gasteiger partial charge in [0.05, 0.1) is 19.8 Å². The summed E-state index contributed by atoms with van der Waals surface area (Å²) >= 11 is 0. The number of para-hydroxylation sites is 1. The minimum Gasteiger partial charge on any atom is -0.493 e. The summed E-state index contributed by atoms with van der Waals surface area (Å²) in [7, 11) is 0. The molecule has 6 nitrogen and oxygen atoms in total. The Morgan fingerprint density at radius 1 is 0.943 bits per heavy atom. The largest absolute Gasteiger partial charge is 0.493 e. The van der Waals surface area contributed by atoms with Crippen molar-refractivity contribution >= 4 is 11.8 Å². The van der Waals surface area contributed by atoms with Gasteiger partial charge in [-0.2, -0.15) is 0 Å². The summed E-state index contributed by atoms with van der Waals surface area (Å²) in [6, 6.07) is 17.7. The number of piperidine rings is 1. The lowest BCUT2D eigenvalue weighted by molar-refractivity contribution is -0.139. The van der Waals surface area contributed by atoms with E-state index in [-0.39, 0.29) is 17.2 Å². The van der Waals surface area contributed by atoms with Gasteiger partial charge in [-0.3, -0.25) is 9.59 Å². The SMILES string of the molecule is CC(C)(C)c1ccc(C(=O)N2CCC[C@](COc3ccccc3)(CC(=O)N3CCOCC3)C2)cc1. The molecule has 2 aromatic carbocycles. The highest BCUT2D eigenvalue weighted by atomic mass is 16.5. The molecule has 0 aliphatic carbocycles. The van der Waals surface area contributed by atoms with Gasteiger partial charge in [0, 0.05) is 43.6 Å². The normalized spacial score (nSPS) is 21.0. The van der Waals surface area contributed by atoms with Gasteiger partial charge in [-0.15, -0.1) is 0 Å². The van der Waals surface area contributed by atoms with E-state index < -0.39 is 5.41 Å². The molecule has 6 heteroatoms. The van der Waals surface area contributed by atoms with Gasteiger partial charge in [-0.25, -0.2) is 0 Å². The molecular weight excluding hydrogens is 440 g/mol. The first-order valence-corrected chi connectivity index (χ1v) is 12.7. The smallest absolute Gasteiger partial charge is 0.253 e. The number of ether oxygens (including phenoxy) is 2. The zero-order valence-electron chi connectivity index (χ0n) is 21.3. The lowest BCUT2D eigenvalue weighted by atomic mass is 9.77. The van der Waals surface area contributed by atoms with Crippen LogP contribution in [0.5, 0.6) is 5.75 Å². The van der Waals surface area contributed by atoms with Gasteiger partial charge < -0.3 is 19.3 Å². The molecule has 2 aromatic rings. The summed E-state index contributed by atoms with van der Waals surface area (Å²) < 4.78 is 11.6. The quantitative estimate of drug-likeness (QED) is 0.612. The molecule has 0 spiro atoms. The maximum Gasteiger partial charge on any atom is 0.253 e. The van der Waals surface area contributed by atoms with Crippen molar-refractivity contribution in [2.45, 2.75) is 45.4 Å². The first-order chi connectivity index (χ1) is 16.8.